The van der Waals surface area contributed by atoms with E-state index in [2.05, 4.69) is 24.5 Å². The van der Waals surface area contributed by atoms with Gasteiger partial charge in [0, 0.05) is 16.4 Å². The standard InChI is InChI=1S/C22H21ClN2O2S/c1-14(2)11-15-13-28-20(22(27)24-17-8-4-3-5-9-17)19(15)21(26)25-18-10-6-7-16(23)12-18/h3-10,12-14H,11H2,1-2H3,(H,24,27)(H,25,26). The number of hydrogen-bond acceptors (Lipinski definition) is 3. The van der Waals surface area contributed by atoms with Gasteiger partial charge in [-0.15, -0.1) is 11.3 Å². The van der Waals surface area contributed by atoms with E-state index in [1.165, 1.54) is 11.3 Å². The predicted octanol–water partition coefficient (Wildman–Crippen LogP) is 6.10. The third kappa shape index (κ3) is 5.00. The van der Waals surface area contributed by atoms with Crippen LogP contribution in [0.25, 0.3) is 0 Å². The van der Waals surface area contributed by atoms with E-state index in [9.17, 15) is 9.59 Å². The maximum absolute atomic E-state index is 13.0. The van der Waals surface area contributed by atoms with Gasteiger partial charge < -0.3 is 10.6 Å². The molecule has 0 aliphatic rings. The van der Waals surface area contributed by atoms with Gasteiger partial charge in [0.25, 0.3) is 11.8 Å². The number of carbonyl (C=O) groups excluding carboxylic acids is 2. The molecular weight excluding hydrogens is 392 g/mol. The van der Waals surface area contributed by atoms with Crippen LogP contribution in [0, 0.1) is 5.92 Å². The first-order chi connectivity index (χ1) is 13.4. The van der Waals surface area contributed by atoms with E-state index in [0.29, 0.717) is 39.2 Å². The number of anilines is 2. The molecule has 1 aromatic heterocycles. The van der Waals surface area contributed by atoms with Crippen LogP contribution in [0.15, 0.2) is 60.0 Å². The lowest BCUT2D eigenvalue weighted by Crippen LogP contribution is -2.20. The van der Waals surface area contributed by atoms with Crippen LogP contribution in [0.3, 0.4) is 0 Å². The largest absolute Gasteiger partial charge is 0.322 e. The number of thiophene rings is 1. The minimum Gasteiger partial charge on any atom is -0.322 e. The van der Waals surface area contributed by atoms with E-state index in [4.69, 9.17) is 11.6 Å². The van der Waals surface area contributed by atoms with Gasteiger partial charge in [-0.2, -0.15) is 0 Å². The number of halogens is 1. The van der Waals surface area contributed by atoms with Crippen LogP contribution in [0.5, 0.6) is 0 Å². The topological polar surface area (TPSA) is 58.2 Å². The predicted molar refractivity (Wildman–Crippen MR) is 117 cm³/mol. The normalized spacial score (nSPS) is 10.7. The van der Waals surface area contributed by atoms with Crippen LogP contribution >= 0.6 is 22.9 Å². The average Bonchev–Trinajstić information content (AvgIpc) is 3.05. The Kier molecular flexibility index (Phi) is 6.49. The molecule has 1 heterocycles. The first kappa shape index (κ1) is 20.1. The lowest BCUT2D eigenvalue weighted by atomic mass is 10.00. The quantitative estimate of drug-likeness (QED) is 0.513. The Balaban J connectivity index is 1.91. The second-order valence-corrected chi connectivity index (χ2v) is 8.16. The molecule has 4 nitrogen and oxygen atoms in total. The number of carbonyl (C=O) groups is 2. The Labute approximate surface area is 173 Å². The molecule has 0 saturated carbocycles. The van der Waals surface area contributed by atoms with Crippen molar-refractivity contribution < 1.29 is 9.59 Å². The van der Waals surface area contributed by atoms with Gasteiger partial charge in [-0.3, -0.25) is 9.59 Å². The summed E-state index contributed by atoms with van der Waals surface area (Å²) in [7, 11) is 0. The van der Waals surface area contributed by atoms with Crippen LogP contribution in [-0.2, 0) is 6.42 Å². The fourth-order valence-electron chi connectivity index (χ4n) is 2.87. The number of rotatable bonds is 6. The Bertz CT molecular complexity index is 983. The zero-order valence-electron chi connectivity index (χ0n) is 15.7. The maximum Gasteiger partial charge on any atom is 0.266 e. The Morgan fingerprint density at radius 3 is 2.32 bits per heavy atom. The van der Waals surface area contributed by atoms with Gasteiger partial charge in [-0.1, -0.05) is 49.7 Å². The number of benzene rings is 2. The highest BCUT2D eigenvalue weighted by Crippen LogP contribution is 2.28. The number of nitrogens with one attached hydrogen (secondary N) is 2. The smallest absolute Gasteiger partial charge is 0.266 e. The van der Waals surface area contributed by atoms with E-state index >= 15 is 0 Å². The molecule has 2 amide bonds. The summed E-state index contributed by atoms with van der Waals surface area (Å²) < 4.78 is 0. The van der Waals surface area contributed by atoms with Crippen molar-refractivity contribution in [3.8, 4) is 0 Å². The highest BCUT2D eigenvalue weighted by Gasteiger charge is 2.24. The van der Waals surface area contributed by atoms with Crippen molar-refractivity contribution in [2.75, 3.05) is 10.6 Å². The molecule has 3 aromatic rings. The molecule has 0 fully saturated rings. The van der Waals surface area contributed by atoms with Crippen molar-refractivity contribution in [2.24, 2.45) is 5.92 Å². The molecule has 0 bridgehead atoms. The fourth-order valence-corrected chi connectivity index (χ4v) is 4.03. The van der Waals surface area contributed by atoms with Crippen LogP contribution < -0.4 is 10.6 Å². The Hall–Kier alpha value is -2.63. The summed E-state index contributed by atoms with van der Waals surface area (Å²) in [6.07, 6.45) is 0.716. The molecule has 6 heteroatoms. The van der Waals surface area contributed by atoms with E-state index in [1.54, 1.807) is 24.3 Å². The summed E-state index contributed by atoms with van der Waals surface area (Å²) in [4.78, 5) is 26.3. The van der Waals surface area contributed by atoms with E-state index in [-0.39, 0.29) is 11.8 Å². The summed E-state index contributed by atoms with van der Waals surface area (Å²) >= 11 is 7.30. The van der Waals surface area contributed by atoms with Crippen molar-refractivity contribution in [1.29, 1.82) is 0 Å². The van der Waals surface area contributed by atoms with Gasteiger partial charge in [-0.25, -0.2) is 0 Å². The molecule has 0 aliphatic heterocycles. The lowest BCUT2D eigenvalue weighted by molar-refractivity contribution is 0.0993. The van der Waals surface area contributed by atoms with Crippen molar-refractivity contribution in [2.45, 2.75) is 20.3 Å². The zero-order chi connectivity index (χ0) is 20.1. The minimum atomic E-state index is -0.308. The minimum absolute atomic E-state index is 0.289. The van der Waals surface area contributed by atoms with Crippen LogP contribution in [0.2, 0.25) is 5.02 Å². The molecule has 144 valence electrons. The van der Waals surface area contributed by atoms with Crippen LogP contribution in [0.4, 0.5) is 11.4 Å². The van der Waals surface area contributed by atoms with Crippen molar-refractivity contribution in [3.05, 3.63) is 81.0 Å². The van der Waals surface area contributed by atoms with Gasteiger partial charge in [-0.05, 0) is 53.6 Å². The number of amides is 2. The second-order valence-electron chi connectivity index (χ2n) is 6.85. The molecule has 0 spiro atoms. The molecule has 0 aliphatic carbocycles. The van der Waals surface area contributed by atoms with Crippen LogP contribution in [-0.4, -0.2) is 11.8 Å². The van der Waals surface area contributed by atoms with Gasteiger partial charge in [0.1, 0.15) is 4.88 Å². The van der Waals surface area contributed by atoms with Crippen LogP contribution in [0.1, 0.15) is 39.4 Å². The second kappa shape index (κ2) is 9.04. The van der Waals surface area contributed by atoms with Crippen molar-refractivity contribution in [1.82, 2.24) is 0 Å². The summed E-state index contributed by atoms with van der Waals surface area (Å²) in [6.45, 7) is 4.17. The lowest BCUT2D eigenvalue weighted by Gasteiger charge is -2.11. The zero-order valence-corrected chi connectivity index (χ0v) is 17.2. The molecule has 3 rings (SSSR count). The van der Waals surface area contributed by atoms with Gasteiger partial charge in [0.05, 0.1) is 5.56 Å². The van der Waals surface area contributed by atoms with E-state index < -0.39 is 0 Å². The van der Waals surface area contributed by atoms with E-state index in [1.807, 2.05) is 35.7 Å². The number of hydrogen-bond donors (Lipinski definition) is 2. The monoisotopic (exact) mass is 412 g/mol. The van der Waals surface area contributed by atoms with E-state index in [0.717, 1.165) is 5.56 Å². The summed E-state index contributed by atoms with van der Waals surface area (Å²) in [5.41, 5.74) is 2.57. The third-order valence-corrected chi connectivity index (χ3v) is 5.31. The summed E-state index contributed by atoms with van der Waals surface area (Å²) in [5, 5.41) is 8.16. The molecule has 0 atom stereocenters. The maximum atomic E-state index is 13.0. The van der Waals surface area contributed by atoms with Crippen molar-refractivity contribution >= 4 is 46.1 Å². The van der Waals surface area contributed by atoms with Gasteiger partial charge in [0.2, 0.25) is 0 Å². The van der Waals surface area contributed by atoms with Crippen molar-refractivity contribution in [3.63, 3.8) is 0 Å². The highest BCUT2D eigenvalue weighted by atomic mass is 35.5. The highest BCUT2D eigenvalue weighted by molar-refractivity contribution is 7.12. The number of para-hydroxylation sites is 1. The summed E-state index contributed by atoms with van der Waals surface area (Å²) in [5.74, 6) is -0.239. The Morgan fingerprint density at radius 2 is 1.64 bits per heavy atom. The first-order valence-corrected chi connectivity index (χ1v) is 10.2. The first-order valence-electron chi connectivity index (χ1n) is 8.97. The molecule has 0 unspecified atom stereocenters. The molecule has 2 aromatic carbocycles. The van der Waals surface area contributed by atoms with Gasteiger partial charge >= 0.3 is 0 Å². The average molecular weight is 413 g/mol. The Morgan fingerprint density at radius 1 is 0.964 bits per heavy atom. The summed E-state index contributed by atoms with van der Waals surface area (Å²) in [6, 6.07) is 16.2. The molecule has 2 N–H and O–H groups in total. The molecule has 0 radical (unpaired) electrons. The fraction of sp³-hybridized carbons (Fsp3) is 0.182. The molecule has 28 heavy (non-hydrogen) atoms. The molecule has 0 saturated heterocycles. The SMILES string of the molecule is CC(C)Cc1csc(C(=O)Nc2ccccc2)c1C(=O)Nc1cccc(Cl)c1. The third-order valence-electron chi connectivity index (χ3n) is 4.04. The van der Waals surface area contributed by atoms with Gasteiger partial charge in [0.15, 0.2) is 0 Å². The molecular formula is C22H21ClN2O2S.